The third kappa shape index (κ3) is 7.30. The summed E-state index contributed by atoms with van der Waals surface area (Å²) in [6.07, 6.45) is 3.93. The second-order valence-corrected chi connectivity index (χ2v) is 10.9. The van der Waals surface area contributed by atoms with E-state index in [0.29, 0.717) is 55.1 Å². The molecule has 1 atom stereocenters. The largest absolute Gasteiger partial charge is 0.385 e. The molecule has 2 aliphatic rings. The zero-order valence-corrected chi connectivity index (χ0v) is 25.3. The number of amides is 2. The Morgan fingerprint density at radius 2 is 1.81 bits per heavy atom. The van der Waals surface area contributed by atoms with Gasteiger partial charge in [0.2, 0.25) is 12.8 Å². The van der Waals surface area contributed by atoms with Crippen LogP contribution >= 0.6 is 24.0 Å². The highest BCUT2D eigenvalue weighted by atomic mass is 35.5. The van der Waals surface area contributed by atoms with Gasteiger partial charge >= 0.3 is 0 Å². The molecular weight excluding hydrogens is 581 g/mol. The molecule has 0 aliphatic carbocycles. The van der Waals surface area contributed by atoms with Crippen LogP contribution in [0.3, 0.4) is 0 Å². The summed E-state index contributed by atoms with van der Waals surface area (Å²) in [5, 5.41) is 29.2. The Hall–Kier alpha value is -3.44. The molecule has 1 saturated heterocycles. The Kier molecular flexibility index (Phi) is 11.5. The third-order valence-electron chi connectivity index (χ3n) is 7.99. The number of hydrogen-bond donors (Lipinski definition) is 3. The van der Waals surface area contributed by atoms with Crippen molar-refractivity contribution in [3.8, 4) is 0 Å². The number of non-ortho nitro benzene ring substituents is 1. The number of aliphatic hydroxyl groups is 1. The van der Waals surface area contributed by atoms with Crippen molar-refractivity contribution in [2.75, 3.05) is 26.2 Å². The van der Waals surface area contributed by atoms with E-state index in [1.54, 1.807) is 29.2 Å². The number of carbonyl (C=O) groups is 2. The SMILES string of the molecule is CCC1=C(N(C=O)CCCN2CCC(O)(c3ccc(Cl)cc3)CC2)C(c2ccc([N+](=O)[O-])cc2)C(NC=O)=C(C)N1.Cl. The molecule has 4 rings (SSSR count). The molecule has 1 fully saturated rings. The van der Waals surface area contributed by atoms with Crippen LogP contribution in [0, 0.1) is 10.1 Å². The standard InChI is InChI=1S/C30H36ClN5O5.ClH/c1-3-26-29(27(28(32-19-37)21(2)33-26)22-5-11-25(12-6-22)36(40)41)35(20-38)16-4-15-34-17-13-30(39,14-18-34)23-7-9-24(31)10-8-23;/h5-12,19-20,27,33,39H,3-4,13-18H2,1-2H3,(H,32,37);1H. The summed E-state index contributed by atoms with van der Waals surface area (Å²) in [5.74, 6) is -0.494. The first-order valence-corrected chi connectivity index (χ1v) is 14.2. The van der Waals surface area contributed by atoms with Crippen molar-refractivity contribution in [1.29, 1.82) is 0 Å². The molecule has 226 valence electrons. The minimum Gasteiger partial charge on any atom is -0.385 e. The molecule has 2 amide bonds. The molecule has 2 aromatic carbocycles. The van der Waals surface area contributed by atoms with E-state index in [0.717, 1.165) is 48.6 Å². The van der Waals surface area contributed by atoms with E-state index in [4.69, 9.17) is 11.6 Å². The predicted octanol–water partition coefficient (Wildman–Crippen LogP) is 4.79. The van der Waals surface area contributed by atoms with E-state index in [2.05, 4.69) is 15.5 Å². The van der Waals surface area contributed by atoms with Crippen molar-refractivity contribution >= 4 is 42.5 Å². The van der Waals surface area contributed by atoms with E-state index in [1.807, 2.05) is 26.0 Å². The maximum absolute atomic E-state index is 12.5. The van der Waals surface area contributed by atoms with Crippen LogP contribution < -0.4 is 10.6 Å². The number of allylic oxidation sites excluding steroid dienone is 2. The molecule has 0 spiro atoms. The molecule has 2 heterocycles. The number of halogens is 2. The fraction of sp³-hybridized carbons (Fsp3) is 0.400. The predicted molar refractivity (Wildman–Crippen MR) is 164 cm³/mol. The van der Waals surface area contributed by atoms with Gasteiger partial charge in [-0.05, 0) is 62.4 Å². The van der Waals surface area contributed by atoms with Gasteiger partial charge in [0.25, 0.3) is 5.69 Å². The smallest absolute Gasteiger partial charge is 0.269 e. The van der Waals surface area contributed by atoms with Crippen molar-refractivity contribution in [3.63, 3.8) is 0 Å². The van der Waals surface area contributed by atoms with Crippen LogP contribution in [0.5, 0.6) is 0 Å². The van der Waals surface area contributed by atoms with Crippen molar-refractivity contribution in [2.45, 2.75) is 51.0 Å². The Morgan fingerprint density at radius 1 is 1.17 bits per heavy atom. The number of benzene rings is 2. The Balaban J connectivity index is 0.00000484. The zero-order chi connectivity index (χ0) is 29.6. The van der Waals surface area contributed by atoms with Gasteiger partial charge in [-0.1, -0.05) is 42.8 Å². The van der Waals surface area contributed by atoms with Gasteiger partial charge in [-0.2, -0.15) is 0 Å². The Labute approximate surface area is 257 Å². The highest BCUT2D eigenvalue weighted by Crippen LogP contribution is 2.39. The average molecular weight is 619 g/mol. The normalized spacial score (nSPS) is 18.5. The molecule has 0 aromatic heterocycles. The Morgan fingerprint density at radius 3 is 2.36 bits per heavy atom. The molecule has 0 radical (unpaired) electrons. The summed E-state index contributed by atoms with van der Waals surface area (Å²) in [4.78, 5) is 38.8. The van der Waals surface area contributed by atoms with E-state index < -0.39 is 16.4 Å². The van der Waals surface area contributed by atoms with E-state index in [-0.39, 0.29) is 18.1 Å². The number of dihydropyridines is 1. The molecule has 2 aliphatic heterocycles. The summed E-state index contributed by atoms with van der Waals surface area (Å²) < 4.78 is 0. The zero-order valence-electron chi connectivity index (χ0n) is 23.7. The third-order valence-corrected chi connectivity index (χ3v) is 8.25. The molecule has 42 heavy (non-hydrogen) atoms. The van der Waals surface area contributed by atoms with Gasteiger partial charge in [0, 0.05) is 48.2 Å². The molecule has 0 saturated carbocycles. The lowest BCUT2D eigenvalue weighted by atomic mass is 9.84. The van der Waals surface area contributed by atoms with Gasteiger partial charge in [0.15, 0.2) is 0 Å². The van der Waals surface area contributed by atoms with Crippen LogP contribution in [0.4, 0.5) is 5.69 Å². The number of carbonyl (C=O) groups excluding carboxylic acids is 2. The number of rotatable bonds is 12. The first-order chi connectivity index (χ1) is 19.7. The fourth-order valence-electron chi connectivity index (χ4n) is 5.75. The molecule has 1 unspecified atom stereocenters. The van der Waals surface area contributed by atoms with Crippen LogP contribution in [-0.4, -0.2) is 58.8 Å². The van der Waals surface area contributed by atoms with Crippen LogP contribution in [-0.2, 0) is 15.2 Å². The van der Waals surface area contributed by atoms with Crippen molar-refractivity contribution in [2.24, 2.45) is 0 Å². The average Bonchev–Trinajstić information content (AvgIpc) is 2.97. The highest BCUT2D eigenvalue weighted by Gasteiger charge is 2.35. The van der Waals surface area contributed by atoms with E-state index in [9.17, 15) is 24.8 Å². The van der Waals surface area contributed by atoms with Crippen LogP contribution in [0.15, 0.2) is 71.3 Å². The topological polar surface area (TPSA) is 128 Å². The number of nitro groups is 1. The second kappa shape index (κ2) is 14.6. The van der Waals surface area contributed by atoms with Gasteiger partial charge in [-0.15, -0.1) is 12.4 Å². The van der Waals surface area contributed by atoms with Gasteiger partial charge in [-0.25, -0.2) is 0 Å². The summed E-state index contributed by atoms with van der Waals surface area (Å²) in [6, 6.07) is 13.5. The lowest BCUT2D eigenvalue weighted by molar-refractivity contribution is -0.384. The molecule has 12 heteroatoms. The molecule has 0 bridgehead atoms. The maximum atomic E-state index is 12.5. The summed E-state index contributed by atoms with van der Waals surface area (Å²) in [7, 11) is 0. The number of piperidine rings is 1. The minimum atomic E-state index is -0.880. The maximum Gasteiger partial charge on any atom is 0.269 e. The molecular formula is C30H37Cl2N5O5. The van der Waals surface area contributed by atoms with Crippen LogP contribution in [0.2, 0.25) is 5.02 Å². The van der Waals surface area contributed by atoms with Gasteiger partial charge in [0.1, 0.15) is 0 Å². The fourth-order valence-corrected chi connectivity index (χ4v) is 5.88. The molecule has 10 nitrogen and oxygen atoms in total. The number of nitro benzene ring substituents is 1. The first kappa shape index (κ1) is 33.1. The van der Waals surface area contributed by atoms with E-state index >= 15 is 0 Å². The van der Waals surface area contributed by atoms with Crippen molar-refractivity contribution < 1.29 is 19.6 Å². The van der Waals surface area contributed by atoms with Crippen molar-refractivity contribution in [3.05, 3.63) is 97.6 Å². The van der Waals surface area contributed by atoms with Gasteiger partial charge in [0.05, 0.1) is 27.8 Å². The number of nitrogens with one attached hydrogen (secondary N) is 2. The van der Waals surface area contributed by atoms with Crippen molar-refractivity contribution in [1.82, 2.24) is 20.4 Å². The quantitative estimate of drug-likeness (QED) is 0.177. The van der Waals surface area contributed by atoms with Crippen LogP contribution in [0.1, 0.15) is 56.6 Å². The number of likely N-dealkylation sites (tertiary alicyclic amines) is 1. The molecule has 2 aromatic rings. The lowest BCUT2D eigenvalue weighted by Gasteiger charge is -2.39. The number of hydrogen-bond acceptors (Lipinski definition) is 7. The monoisotopic (exact) mass is 617 g/mol. The number of nitrogens with zero attached hydrogens (tertiary/aromatic N) is 3. The summed E-state index contributed by atoms with van der Waals surface area (Å²) >= 11 is 6.01. The first-order valence-electron chi connectivity index (χ1n) is 13.8. The minimum absolute atomic E-state index is 0. The molecule has 3 N–H and O–H groups in total. The van der Waals surface area contributed by atoms with Crippen LogP contribution in [0.25, 0.3) is 0 Å². The second-order valence-electron chi connectivity index (χ2n) is 10.5. The van der Waals surface area contributed by atoms with Gasteiger partial charge < -0.3 is 25.5 Å². The lowest BCUT2D eigenvalue weighted by Crippen LogP contribution is -2.43. The Bertz CT molecular complexity index is 1320. The van der Waals surface area contributed by atoms with Gasteiger partial charge in [-0.3, -0.25) is 19.7 Å². The van der Waals surface area contributed by atoms with E-state index in [1.165, 1.54) is 12.1 Å². The summed E-state index contributed by atoms with van der Waals surface area (Å²) in [6.45, 7) is 6.48. The summed E-state index contributed by atoms with van der Waals surface area (Å²) in [5.41, 5.74) is 3.57. The highest BCUT2D eigenvalue weighted by molar-refractivity contribution is 6.30.